The summed E-state index contributed by atoms with van der Waals surface area (Å²) in [5, 5.41) is 0.968. The maximum Gasteiger partial charge on any atom is 0.387 e. The lowest BCUT2D eigenvalue weighted by Crippen LogP contribution is -2.25. The smallest absolute Gasteiger partial charge is 0.387 e. The number of ketones is 1. The Hall–Kier alpha value is -1.17. The third-order valence-electron chi connectivity index (χ3n) is 4.09. The minimum atomic E-state index is -3.07. The van der Waals surface area contributed by atoms with E-state index in [4.69, 9.17) is 0 Å². The molecule has 21 heavy (non-hydrogen) atoms. The Morgan fingerprint density at radius 1 is 1.24 bits per heavy atom. The van der Waals surface area contributed by atoms with Gasteiger partial charge in [0.25, 0.3) is 0 Å². The quantitative estimate of drug-likeness (QED) is 0.775. The van der Waals surface area contributed by atoms with Gasteiger partial charge in [-0.2, -0.15) is 20.5 Å². The summed E-state index contributed by atoms with van der Waals surface area (Å²) < 4.78 is 42.3. The molecule has 3 rings (SSSR count). The molecule has 2 aliphatic heterocycles. The van der Waals surface area contributed by atoms with Crippen molar-refractivity contribution >= 4 is 17.5 Å². The van der Waals surface area contributed by atoms with E-state index in [9.17, 15) is 18.0 Å². The third kappa shape index (κ3) is 3.20. The van der Waals surface area contributed by atoms with Gasteiger partial charge in [-0.05, 0) is 37.8 Å². The van der Waals surface area contributed by atoms with Crippen LogP contribution in [0, 0.1) is 11.7 Å². The van der Waals surface area contributed by atoms with Crippen LogP contribution < -0.4 is 4.74 Å². The van der Waals surface area contributed by atoms with Gasteiger partial charge in [0, 0.05) is 22.5 Å². The second-order valence-electron chi connectivity index (χ2n) is 5.51. The summed E-state index contributed by atoms with van der Waals surface area (Å²) in [6.45, 7) is -3.07. The van der Waals surface area contributed by atoms with Gasteiger partial charge in [-0.15, -0.1) is 0 Å². The topological polar surface area (TPSA) is 26.3 Å². The molecule has 0 radical (unpaired) electrons. The van der Waals surface area contributed by atoms with Gasteiger partial charge in [-0.1, -0.05) is 0 Å². The molecule has 2 heterocycles. The molecule has 0 N–H and O–H groups in total. The van der Waals surface area contributed by atoms with Crippen LogP contribution in [0.25, 0.3) is 0 Å². The van der Waals surface area contributed by atoms with Crippen molar-refractivity contribution in [2.75, 3.05) is 0 Å². The molecule has 0 amide bonds. The molecule has 0 aliphatic carbocycles. The highest BCUT2D eigenvalue weighted by Crippen LogP contribution is 2.47. The van der Waals surface area contributed by atoms with Gasteiger partial charge in [0.15, 0.2) is 5.78 Å². The Labute approximate surface area is 125 Å². The van der Waals surface area contributed by atoms with E-state index in [0.29, 0.717) is 10.5 Å². The highest BCUT2D eigenvalue weighted by molar-refractivity contribution is 8.00. The largest absolute Gasteiger partial charge is 0.434 e. The van der Waals surface area contributed by atoms with Crippen molar-refractivity contribution < 1.29 is 22.7 Å². The summed E-state index contributed by atoms with van der Waals surface area (Å²) in [5.41, 5.74) is 0.0630. The number of rotatable bonds is 4. The Morgan fingerprint density at radius 2 is 1.90 bits per heavy atom. The fraction of sp³-hybridized carbons (Fsp3) is 0.533. The summed E-state index contributed by atoms with van der Waals surface area (Å²) in [6.07, 6.45) is 3.77. The van der Waals surface area contributed by atoms with Crippen LogP contribution in [0.1, 0.15) is 36.0 Å². The first-order valence-corrected chi connectivity index (χ1v) is 7.91. The standard InChI is InChI=1S/C15H15F3O2S/c16-9-1-4-12(13(7-9)20-15(17)18)14(19)8-5-10-2-3-11(6-8)21-10/h1,4,7-8,10-11,15H,2-3,5-6H2. The van der Waals surface area contributed by atoms with E-state index in [0.717, 1.165) is 37.8 Å². The molecule has 114 valence electrons. The van der Waals surface area contributed by atoms with Crippen LogP contribution in [-0.2, 0) is 0 Å². The molecular formula is C15H15F3O2S. The maximum absolute atomic E-state index is 13.2. The fourth-order valence-electron chi connectivity index (χ4n) is 3.18. The number of carbonyl (C=O) groups excluding carboxylic acids is 1. The third-order valence-corrected chi connectivity index (χ3v) is 5.71. The number of carbonyl (C=O) groups is 1. The van der Waals surface area contributed by atoms with Crippen molar-refractivity contribution in [1.29, 1.82) is 0 Å². The molecule has 2 atom stereocenters. The van der Waals surface area contributed by atoms with Gasteiger partial charge in [0.2, 0.25) is 0 Å². The zero-order valence-electron chi connectivity index (χ0n) is 11.2. The molecule has 0 saturated carbocycles. The first kappa shape index (κ1) is 14.8. The Balaban J connectivity index is 1.83. The van der Waals surface area contributed by atoms with Crippen molar-refractivity contribution in [3.63, 3.8) is 0 Å². The second kappa shape index (κ2) is 5.91. The number of alkyl halides is 2. The van der Waals surface area contributed by atoms with Gasteiger partial charge < -0.3 is 4.74 Å². The van der Waals surface area contributed by atoms with Gasteiger partial charge in [0.05, 0.1) is 5.56 Å². The van der Waals surface area contributed by atoms with Gasteiger partial charge in [-0.3, -0.25) is 4.79 Å². The number of benzene rings is 1. The highest BCUT2D eigenvalue weighted by Gasteiger charge is 2.38. The minimum Gasteiger partial charge on any atom is -0.434 e. The number of halogens is 3. The van der Waals surface area contributed by atoms with E-state index in [1.54, 1.807) is 0 Å². The molecule has 1 aromatic carbocycles. The zero-order valence-corrected chi connectivity index (χ0v) is 12.0. The summed E-state index contributed by atoms with van der Waals surface area (Å²) in [5.74, 6) is -1.43. The lowest BCUT2D eigenvalue weighted by atomic mass is 9.90. The van der Waals surface area contributed by atoms with Crippen LogP contribution in [0.3, 0.4) is 0 Å². The van der Waals surface area contributed by atoms with Crippen molar-refractivity contribution in [3.05, 3.63) is 29.6 Å². The van der Waals surface area contributed by atoms with Crippen LogP contribution in [-0.4, -0.2) is 22.9 Å². The van der Waals surface area contributed by atoms with Crippen molar-refractivity contribution in [2.45, 2.75) is 42.8 Å². The molecule has 2 saturated heterocycles. The van der Waals surface area contributed by atoms with Crippen LogP contribution in [0.15, 0.2) is 18.2 Å². The molecule has 2 bridgehead atoms. The lowest BCUT2D eigenvalue weighted by molar-refractivity contribution is -0.0503. The van der Waals surface area contributed by atoms with E-state index in [1.807, 2.05) is 11.8 Å². The van der Waals surface area contributed by atoms with Gasteiger partial charge >= 0.3 is 6.61 Å². The normalized spacial score (nSPS) is 27.9. The number of Topliss-reactive ketones (excluding diaryl/α,β-unsaturated/α-hetero) is 1. The Morgan fingerprint density at radius 3 is 2.52 bits per heavy atom. The Kier molecular flexibility index (Phi) is 4.15. The highest BCUT2D eigenvalue weighted by atomic mass is 32.2. The predicted molar refractivity (Wildman–Crippen MR) is 74.5 cm³/mol. The molecule has 2 aliphatic rings. The van der Waals surface area contributed by atoms with E-state index < -0.39 is 12.4 Å². The number of thioether (sulfide) groups is 1. The minimum absolute atomic E-state index is 0.0630. The number of fused-ring (bicyclic) bond motifs is 2. The first-order chi connectivity index (χ1) is 10.0. The van der Waals surface area contributed by atoms with Crippen molar-refractivity contribution in [3.8, 4) is 5.75 Å². The molecule has 0 spiro atoms. The second-order valence-corrected chi connectivity index (χ2v) is 7.11. The number of ether oxygens (including phenoxy) is 1. The van der Waals surface area contributed by atoms with Crippen molar-refractivity contribution in [2.24, 2.45) is 5.92 Å². The van der Waals surface area contributed by atoms with Crippen LogP contribution in [0.4, 0.5) is 13.2 Å². The van der Waals surface area contributed by atoms with E-state index in [1.165, 1.54) is 6.07 Å². The van der Waals surface area contributed by atoms with E-state index in [-0.39, 0.29) is 23.0 Å². The first-order valence-electron chi connectivity index (χ1n) is 6.97. The molecular weight excluding hydrogens is 301 g/mol. The molecule has 2 nitrogen and oxygen atoms in total. The number of hydrogen-bond donors (Lipinski definition) is 0. The van der Waals surface area contributed by atoms with E-state index >= 15 is 0 Å². The average Bonchev–Trinajstić information content (AvgIpc) is 2.76. The van der Waals surface area contributed by atoms with E-state index in [2.05, 4.69) is 4.74 Å². The zero-order chi connectivity index (χ0) is 15.0. The molecule has 1 aromatic rings. The van der Waals surface area contributed by atoms with Crippen LogP contribution in [0.2, 0.25) is 0 Å². The number of hydrogen-bond acceptors (Lipinski definition) is 3. The maximum atomic E-state index is 13.2. The molecule has 2 fully saturated rings. The SMILES string of the molecule is O=C(c1ccc(F)cc1OC(F)F)C1CC2CCC(C1)S2. The summed E-state index contributed by atoms with van der Waals surface area (Å²) >= 11 is 1.92. The molecule has 2 unspecified atom stereocenters. The summed E-state index contributed by atoms with van der Waals surface area (Å²) in [7, 11) is 0. The molecule has 6 heteroatoms. The summed E-state index contributed by atoms with van der Waals surface area (Å²) in [4.78, 5) is 12.6. The lowest BCUT2D eigenvalue weighted by Gasteiger charge is -2.26. The van der Waals surface area contributed by atoms with Crippen LogP contribution >= 0.6 is 11.8 Å². The van der Waals surface area contributed by atoms with Gasteiger partial charge in [0.1, 0.15) is 11.6 Å². The van der Waals surface area contributed by atoms with Crippen molar-refractivity contribution in [1.82, 2.24) is 0 Å². The summed E-state index contributed by atoms with van der Waals surface area (Å²) in [6, 6.07) is 3.21. The predicted octanol–water partition coefficient (Wildman–Crippen LogP) is 4.28. The Bertz CT molecular complexity index is 538. The van der Waals surface area contributed by atoms with Crippen LogP contribution in [0.5, 0.6) is 5.75 Å². The fourth-order valence-corrected chi connectivity index (χ4v) is 4.96. The monoisotopic (exact) mass is 316 g/mol. The molecule has 0 aromatic heterocycles. The average molecular weight is 316 g/mol. The van der Waals surface area contributed by atoms with Gasteiger partial charge in [-0.25, -0.2) is 4.39 Å².